The number of hydrogen-bond donors (Lipinski definition) is 2. The lowest BCUT2D eigenvalue weighted by Gasteiger charge is -2.15. The molecule has 0 saturated heterocycles. The summed E-state index contributed by atoms with van der Waals surface area (Å²) in [4.78, 5) is 22.5. The van der Waals surface area contributed by atoms with Crippen molar-refractivity contribution >= 4 is 11.9 Å². The fourth-order valence-electron chi connectivity index (χ4n) is 2.32. The highest BCUT2D eigenvalue weighted by atomic mass is 16.4. The molecule has 104 valence electrons. The predicted octanol–water partition coefficient (Wildman–Crippen LogP) is 0.815. The highest BCUT2D eigenvalue weighted by Crippen LogP contribution is 2.17. The second-order valence-electron chi connectivity index (χ2n) is 4.86. The first-order chi connectivity index (χ1) is 9.15. The van der Waals surface area contributed by atoms with Gasteiger partial charge in [-0.3, -0.25) is 4.79 Å². The molecule has 0 aliphatic heterocycles. The van der Waals surface area contributed by atoms with E-state index in [0.29, 0.717) is 0 Å². The van der Waals surface area contributed by atoms with Crippen molar-refractivity contribution in [1.29, 1.82) is 0 Å². The number of amides is 1. The molecule has 0 bridgehead atoms. The molecule has 2 N–H and O–H groups in total. The molecule has 19 heavy (non-hydrogen) atoms. The number of carboxylic acids is 1. The normalized spacial score (nSPS) is 16.8. The van der Waals surface area contributed by atoms with Crippen LogP contribution in [0.4, 0.5) is 0 Å². The van der Waals surface area contributed by atoms with Crippen molar-refractivity contribution in [3.05, 3.63) is 11.9 Å². The van der Waals surface area contributed by atoms with E-state index >= 15 is 0 Å². The molecule has 1 aromatic rings. The maximum absolute atomic E-state index is 11.8. The van der Waals surface area contributed by atoms with Crippen LogP contribution in [0, 0.1) is 0 Å². The molecule has 0 aromatic carbocycles. The summed E-state index contributed by atoms with van der Waals surface area (Å²) in [7, 11) is 0. The van der Waals surface area contributed by atoms with E-state index in [2.05, 4.69) is 15.6 Å². The van der Waals surface area contributed by atoms with Crippen molar-refractivity contribution in [2.75, 3.05) is 0 Å². The van der Waals surface area contributed by atoms with Crippen molar-refractivity contribution < 1.29 is 14.7 Å². The molecule has 1 heterocycles. The summed E-state index contributed by atoms with van der Waals surface area (Å²) in [5.74, 6) is -1.29. The van der Waals surface area contributed by atoms with Crippen LogP contribution in [0.25, 0.3) is 0 Å². The lowest BCUT2D eigenvalue weighted by molar-refractivity contribution is -0.122. The quantitative estimate of drug-likeness (QED) is 0.786. The summed E-state index contributed by atoms with van der Waals surface area (Å²) in [6.07, 6.45) is 8.06. The molecule has 1 amide bonds. The van der Waals surface area contributed by atoms with Crippen LogP contribution in [-0.4, -0.2) is 38.0 Å². The number of hydrogen-bond acceptors (Lipinski definition) is 4. The molecule has 1 aliphatic carbocycles. The van der Waals surface area contributed by atoms with Gasteiger partial charge in [-0.1, -0.05) is 30.9 Å². The van der Waals surface area contributed by atoms with Crippen LogP contribution in [0.15, 0.2) is 6.20 Å². The first kappa shape index (κ1) is 13.5. The third-order valence-corrected chi connectivity index (χ3v) is 3.28. The maximum atomic E-state index is 11.8. The number of carboxylic acid groups (broad SMARTS) is 1. The minimum atomic E-state index is -1.14. The van der Waals surface area contributed by atoms with Gasteiger partial charge in [0.1, 0.15) is 6.54 Å². The summed E-state index contributed by atoms with van der Waals surface area (Å²) in [6.45, 7) is 0.0107. The van der Waals surface area contributed by atoms with Crippen molar-refractivity contribution in [3.63, 3.8) is 0 Å². The number of carbonyl (C=O) groups is 2. The average Bonchev–Trinajstić information content (AvgIpc) is 2.67. The largest absolute Gasteiger partial charge is 0.476 e. The Morgan fingerprint density at radius 1 is 1.32 bits per heavy atom. The van der Waals surface area contributed by atoms with Crippen LogP contribution in [0.1, 0.15) is 49.0 Å². The predicted molar refractivity (Wildman–Crippen MR) is 66.6 cm³/mol. The van der Waals surface area contributed by atoms with E-state index in [9.17, 15) is 9.59 Å². The molecule has 7 heteroatoms. The highest BCUT2D eigenvalue weighted by Gasteiger charge is 2.16. The lowest BCUT2D eigenvalue weighted by Crippen LogP contribution is -2.36. The monoisotopic (exact) mass is 266 g/mol. The topological polar surface area (TPSA) is 97.1 Å². The van der Waals surface area contributed by atoms with Gasteiger partial charge < -0.3 is 10.4 Å². The van der Waals surface area contributed by atoms with Gasteiger partial charge in [-0.25, -0.2) is 9.48 Å². The van der Waals surface area contributed by atoms with Crippen LogP contribution in [0.3, 0.4) is 0 Å². The smallest absolute Gasteiger partial charge is 0.358 e. The third-order valence-electron chi connectivity index (χ3n) is 3.28. The Morgan fingerprint density at radius 3 is 2.58 bits per heavy atom. The van der Waals surface area contributed by atoms with E-state index in [1.54, 1.807) is 0 Å². The van der Waals surface area contributed by atoms with E-state index in [1.807, 2.05) is 0 Å². The Bertz CT molecular complexity index is 450. The van der Waals surface area contributed by atoms with Gasteiger partial charge in [0.15, 0.2) is 5.69 Å². The van der Waals surface area contributed by atoms with Gasteiger partial charge in [0.25, 0.3) is 0 Å². The number of aromatic carboxylic acids is 1. The number of nitrogens with zero attached hydrogens (tertiary/aromatic N) is 3. The molecule has 0 spiro atoms. The van der Waals surface area contributed by atoms with Crippen LogP contribution in [0.2, 0.25) is 0 Å². The molecule has 0 unspecified atom stereocenters. The SMILES string of the molecule is O=C(Cn1cc(C(=O)O)nn1)NC1CCCCCC1. The molecule has 1 aliphatic rings. The van der Waals surface area contributed by atoms with Gasteiger partial charge in [-0.15, -0.1) is 5.10 Å². The Morgan fingerprint density at radius 2 is 2.00 bits per heavy atom. The van der Waals surface area contributed by atoms with Crippen LogP contribution in [-0.2, 0) is 11.3 Å². The number of nitrogens with one attached hydrogen (secondary N) is 1. The van der Waals surface area contributed by atoms with E-state index in [4.69, 9.17) is 5.11 Å². The van der Waals surface area contributed by atoms with Crippen LogP contribution < -0.4 is 5.32 Å². The molecule has 1 saturated carbocycles. The van der Waals surface area contributed by atoms with Gasteiger partial charge in [0.05, 0.1) is 6.20 Å². The van der Waals surface area contributed by atoms with Crippen LogP contribution in [0.5, 0.6) is 0 Å². The van der Waals surface area contributed by atoms with E-state index in [0.717, 1.165) is 25.7 Å². The standard InChI is InChI=1S/C12H18N4O3/c17-11(13-9-5-3-1-2-4-6-9)8-16-7-10(12(18)19)14-15-16/h7,9H,1-6,8H2,(H,13,17)(H,18,19). The summed E-state index contributed by atoms with van der Waals surface area (Å²) in [5, 5.41) is 18.8. The molecular formula is C12H18N4O3. The summed E-state index contributed by atoms with van der Waals surface area (Å²) in [6, 6.07) is 0.234. The van der Waals surface area contributed by atoms with Gasteiger partial charge in [0, 0.05) is 6.04 Å². The first-order valence-corrected chi connectivity index (χ1v) is 6.58. The zero-order valence-corrected chi connectivity index (χ0v) is 10.7. The number of aromatic nitrogens is 3. The van der Waals surface area contributed by atoms with Gasteiger partial charge >= 0.3 is 5.97 Å². The van der Waals surface area contributed by atoms with E-state index < -0.39 is 5.97 Å². The van der Waals surface area contributed by atoms with Crippen molar-refractivity contribution in [1.82, 2.24) is 20.3 Å². The fraction of sp³-hybridized carbons (Fsp3) is 0.667. The zero-order valence-electron chi connectivity index (χ0n) is 10.7. The number of carbonyl (C=O) groups excluding carboxylic acids is 1. The Labute approximate surface area is 111 Å². The summed E-state index contributed by atoms with van der Waals surface area (Å²) in [5.41, 5.74) is -0.151. The zero-order chi connectivity index (χ0) is 13.7. The first-order valence-electron chi connectivity index (χ1n) is 6.58. The van der Waals surface area contributed by atoms with Gasteiger partial charge in [-0.2, -0.15) is 0 Å². The second-order valence-corrected chi connectivity index (χ2v) is 4.86. The van der Waals surface area contributed by atoms with Crippen molar-refractivity contribution in [2.45, 2.75) is 51.1 Å². The minimum absolute atomic E-state index is 0.0107. The molecular weight excluding hydrogens is 248 g/mol. The van der Waals surface area contributed by atoms with Gasteiger partial charge in [0.2, 0.25) is 5.91 Å². The van der Waals surface area contributed by atoms with Crippen LogP contribution >= 0.6 is 0 Å². The Hall–Kier alpha value is -1.92. The second kappa shape index (κ2) is 6.31. The average molecular weight is 266 g/mol. The Kier molecular flexibility index (Phi) is 4.48. The molecule has 7 nitrogen and oxygen atoms in total. The van der Waals surface area contributed by atoms with E-state index in [1.165, 1.54) is 23.7 Å². The minimum Gasteiger partial charge on any atom is -0.476 e. The summed E-state index contributed by atoms with van der Waals surface area (Å²) >= 11 is 0. The van der Waals surface area contributed by atoms with Crippen molar-refractivity contribution in [3.8, 4) is 0 Å². The highest BCUT2D eigenvalue weighted by molar-refractivity contribution is 5.84. The maximum Gasteiger partial charge on any atom is 0.358 e. The third kappa shape index (κ3) is 4.04. The fourth-order valence-corrected chi connectivity index (χ4v) is 2.32. The van der Waals surface area contributed by atoms with Crippen molar-refractivity contribution in [2.24, 2.45) is 0 Å². The van der Waals surface area contributed by atoms with E-state index in [-0.39, 0.29) is 24.2 Å². The Balaban J connectivity index is 1.84. The lowest BCUT2D eigenvalue weighted by atomic mass is 10.1. The molecule has 0 radical (unpaired) electrons. The molecule has 0 atom stereocenters. The molecule has 1 aromatic heterocycles. The molecule has 1 fully saturated rings. The summed E-state index contributed by atoms with van der Waals surface area (Å²) < 4.78 is 1.25. The number of rotatable bonds is 4. The molecule has 2 rings (SSSR count). The van der Waals surface area contributed by atoms with Gasteiger partial charge in [-0.05, 0) is 12.8 Å².